The van der Waals surface area contributed by atoms with Crippen LogP contribution in [-0.2, 0) is 92.5 Å². The normalized spacial score (nSPS) is 13.9. The second-order valence-electron chi connectivity index (χ2n) is 34.6. The first-order chi connectivity index (χ1) is 63.9. The van der Waals surface area contributed by atoms with Crippen LogP contribution in [0, 0.1) is 27.7 Å². The lowest BCUT2D eigenvalue weighted by molar-refractivity contribution is 0.248. The fourth-order valence-electron chi connectivity index (χ4n) is 16.9. The van der Waals surface area contributed by atoms with Crippen LogP contribution in [0.2, 0.25) is 0 Å². The number of ether oxygens (including phenoxy) is 8. The van der Waals surface area contributed by atoms with Gasteiger partial charge in [-0.05, 0) is 171 Å². The zero-order chi connectivity index (χ0) is 93.7. The van der Waals surface area contributed by atoms with Crippen molar-refractivity contribution < 1.29 is 71.6 Å². The first-order valence-corrected chi connectivity index (χ1v) is 53.2. The van der Waals surface area contributed by atoms with Gasteiger partial charge >= 0.3 is 0 Å². The van der Waals surface area contributed by atoms with E-state index in [1.165, 1.54) is 17.2 Å². The molecule has 0 radical (unpaired) electrons. The number of nitrogens with zero attached hydrogens (tertiary/aromatic N) is 4. The fourth-order valence-corrected chi connectivity index (χ4v) is 22.4. The molecule has 20 nitrogen and oxygen atoms in total. The van der Waals surface area contributed by atoms with Crippen molar-refractivity contribution in [2.24, 2.45) is 0 Å². The maximum Gasteiger partial charge on any atom is 0.243 e. The van der Waals surface area contributed by atoms with Gasteiger partial charge in [0, 0.05) is 96.9 Å². The van der Waals surface area contributed by atoms with E-state index in [4.69, 9.17) is 37.9 Å². The van der Waals surface area contributed by atoms with Crippen molar-refractivity contribution in [3.63, 3.8) is 0 Å². The summed E-state index contributed by atoms with van der Waals surface area (Å²) >= 11 is 0. The molecule has 0 amide bonds. The Labute approximate surface area is 784 Å². The maximum absolute atomic E-state index is 16.9. The highest BCUT2D eigenvalue weighted by atomic mass is 32.2. The number of sulfonamides is 4. The van der Waals surface area contributed by atoms with Crippen molar-refractivity contribution in [3.8, 4) is 46.0 Å². The molecule has 0 aliphatic carbocycles. The van der Waals surface area contributed by atoms with Crippen LogP contribution in [-0.4, -0.2) is 104 Å². The van der Waals surface area contributed by atoms with Gasteiger partial charge in [0.2, 0.25) is 40.1 Å². The van der Waals surface area contributed by atoms with E-state index in [-0.39, 0.29) is 171 Å². The molecule has 2 heterocycles. The summed E-state index contributed by atoms with van der Waals surface area (Å²) in [6.07, 6.45) is 10.3. The van der Waals surface area contributed by atoms with Gasteiger partial charge in [-0.25, -0.2) is 33.7 Å². The molecule has 704 valence electrons. The van der Waals surface area contributed by atoms with E-state index in [2.05, 4.69) is 55.4 Å². The molecule has 0 saturated heterocycles. The zero-order valence-electron chi connectivity index (χ0n) is 79.1. The minimum Gasteiger partial charge on any atom is -0.489 e. The molecule has 2 aliphatic heterocycles. The van der Waals surface area contributed by atoms with Crippen molar-refractivity contribution in [2.75, 3.05) is 52.9 Å². The number of unbranched alkanes of at least 4 members (excludes halogenated alkanes) is 8. The molecular formula is C108H132N4O16S4. The fraction of sp³-hybridized carbons (Fsp3) is 0.407. The Morgan fingerprint density at radius 1 is 0.197 bits per heavy atom. The summed E-state index contributed by atoms with van der Waals surface area (Å²) in [6.45, 7) is 22.5. The second kappa shape index (κ2) is 46.1. The van der Waals surface area contributed by atoms with E-state index < -0.39 is 40.1 Å². The van der Waals surface area contributed by atoms with E-state index in [1.54, 1.807) is 97.1 Å². The largest absolute Gasteiger partial charge is 0.489 e. The second-order valence-corrected chi connectivity index (χ2v) is 42.4. The van der Waals surface area contributed by atoms with E-state index >= 15 is 33.7 Å². The topological polar surface area (TPSA) is 223 Å². The van der Waals surface area contributed by atoms with E-state index in [9.17, 15) is 0 Å². The van der Waals surface area contributed by atoms with Gasteiger partial charge in [0.1, 0.15) is 0 Å². The van der Waals surface area contributed by atoms with Crippen LogP contribution in [0.4, 0.5) is 0 Å². The van der Waals surface area contributed by atoms with Crippen LogP contribution in [0.1, 0.15) is 225 Å². The van der Waals surface area contributed by atoms with Crippen LogP contribution in [0.3, 0.4) is 0 Å². The molecule has 2 aliphatic rings. The monoisotopic (exact) mass is 1870 g/mol. The van der Waals surface area contributed by atoms with Gasteiger partial charge in [-0.15, -0.1) is 0 Å². The van der Waals surface area contributed by atoms with Crippen LogP contribution >= 0.6 is 0 Å². The average Bonchev–Trinajstić information content (AvgIpc) is 0.736. The van der Waals surface area contributed by atoms with Gasteiger partial charge in [-0.2, -0.15) is 17.2 Å². The first kappa shape index (κ1) is 99.2. The van der Waals surface area contributed by atoms with Gasteiger partial charge in [-0.3, -0.25) is 0 Å². The minimum absolute atomic E-state index is 0.00948. The van der Waals surface area contributed by atoms with E-state index in [0.717, 1.165) is 22.3 Å². The molecule has 0 fully saturated rings. The smallest absolute Gasteiger partial charge is 0.243 e. The third-order valence-electron chi connectivity index (χ3n) is 24.6. The highest BCUT2D eigenvalue weighted by Gasteiger charge is 2.41. The molecule has 14 rings (SSSR count). The molecule has 0 aromatic heterocycles. The van der Waals surface area contributed by atoms with Crippen molar-refractivity contribution in [1.29, 1.82) is 0 Å². The molecule has 24 heteroatoms. The third kappa shape index (κ3) is 22.5. The minimum atomic E-state index is -4.66. The number of rotatable bonds is 40. The predicted octanol–water partition coefficient (Wildman–Crippen LogP) is 24.8. The SMILES string of the molecule is CCCCOc1c(OCCCC)c2c3ccccc3c1CN(S(=O)(=O)c1ccc(C)cc1)Cc1c(OCCCC)c(OCCCC)c(c3ccccc13)CN(S(=O)(=O)c1ccc(C)cc1)Cc1c(OCCCC)c(OCCCC)c(c3ccccc13)CN(S(=O)(=O)c1ccc(C)cc1)Cc1c(OCCCC)c(OCCCC)c(c3ccccc13)CN(S(=O)(=O)c1ccc(C)cc1)C2. The lowest BCUT2D eigenvalue weighted by Gasteiger charge is -2.32. The van der Waals surface area contributed by atoms with Gasteiger partial charge in [0.05, 0.1) is 72.4 Å². The molecular weight excluding hydrogens is 1740 g/mol. The van der Waals surface area contributed by atoms with Gasteiger partial charge in [0.25, 0.3) is 0 Å². The number of fused-ring (bicyclic) bond motifs is 12. The average molecular weight is 1870 g/mol. The highest BCUT2D eigenvalue weighted by molar-refractivity contribution is 7.90. The highest BCUT2D eigenvalue weighted by Crippen LogP contribution is 2.53. The van der Waals surface area contributed by atoms with E-state index in [0.29, 0.717) is 190 Å². The summed E-state index contributed by atoms with van der Waals surface area (Å²) in [6, 6.07) is 57.7. The summed E-state index contributed by atoms with van der Waals surface area (Å²) in [7, 11) is -18.6. The van der Waals surface area contributed by atoms with Gasteiger partial charge in [-0.1, -0.05) is 275 Å². The summed E-state index contributed by atoms with van der Waals surface area (Å²) in [5.41, 5.74) is 6.89. The predicted molar refractivity (Wildman–Crippen MR) is 529 cm³/mol. The van der Waals surface area contributed by atoms with Crippen molar-refractivity contribution in [2.45, 2.75) is 258 Å². The zero-order valence-corrected chi connectivity index (χ0v) is 82.3. The summed E-state index contributed by atoms with van der Waals surface area (Å²) in [5, 5.41) is 4.45. The van der Waals surface area contributed by atoms with E-state index in [1.807, 2.05) is 125 Å². The summed E-state index contributed by atoms with van der Waals surface area (Å²) in [4.78, 5) is 0.0379. The van der Waals surface area contributed by atoms with Crippen LogP contribution in [0.25, 0.3) is 43.1 Å². The Morgan fingerprint density at radius 2 is 0.318 bits per heavy atom. The van der Waals surface area contributed by atoms with Crippen LogP contribution < -0.4 is 37.9 Å². The lowest BCUT2D eigenvalue weighted by Crippen LogP contribution is -2.33. The molecule has 12 aromatic rings. The Bertz CT molecular complexity index is 5420. The molecule has 0 unspecified atom stereocenters. The molecule has 132 heavy (non-hydrogen) atoms. The number of benzene rings is 12. The van der Waals surface area contributed by atoms with Crippen LogP contribution in [0.5, 0.6) is 46.0 Å². The molecule has 12 aromatic carbocycles. The number of aryl methyl sites for hydroxylation is 4. The molecule has 0 saturated carbocycles. The van der Waals surface area contributed by atoms with Crippen LogP contribution in [0.15, 0.2) is 214 Å². The standard InChI is InChI=1S/C108H132N4O16S4/c1-13-21-61-121-101-93-69-109(129(113,114)81-53-45-77(9)46-54-81)71-95-87-39-31-32-40-88(87)97(105(125-65-25-17-5)103(95)123-63-23-15-3)73-111(131(117,118)83-57-49-79(11)50-58-83)75-99-91-43-35-36-44-92(91)100(108(128-68-28-20-8)107(99)127-67-27-19-7)76-112(132(119,120)84-59-51-80(12)52-60-84)74-98-90-42-34-33-41-89(90)96(104(124-64-24-16-4)106(98)126-66-26-18-6)72-110(130(115,116)82-55-47-78(10)48-56-82)70-94(102(101)122-62-22-14-2)86-38-30-29-37-85(86)93/h29-60H,13-28,61-76H2,1-12H3. The Hall–Kier alpha value is -10.3. The molecule has 8 bridgehead atoms. The number of hydrogen-bond donors (Lipinski definition) is 0. The Kier molecular flexibility index (Phi) is 34.7. The molecule has 0 N–H and O–H groups in total. The lowest BCUT2D eigenvalue weighted by atomic mass is 9.94. The van der Waals surface area contributed by atoms with Gasteiger partial charge < -0.3 is 37.9 Å². The van der Waals surface area contributed by atoms with Crippen molar-refractivity contribution >= 4 is 83.2 Å². The van der Waals surface area contributed by atoms with Crippen molar-refractivity contribution in [1.82, 2.24) is 17.2 Å². The van der Waals surface area contributed by atoms with Crippen molar-refractivity contribution in [3.05, 3.63) is 261 Å². The summed E-state index contributed by atoms with van der Waals surface area (Å²) in [5.74, 6) is 1.83. The molecule has 0 spiro atoms. The number of hydrogen-bond acceptors (Lipinski definition) is 16. The Morgan fingerprint density at radius 3 is 0.432 bits per heavy atom. The quantitative estimate of drug-likeness (QED) is 0.0326. The first-order valence-electron chi connectivity index (χ1n) is 47.4. The Balaban J connectivity index is 1.23. The third-order valence-corrected chi connectivity index (χ3v) is 31.8. The molecule has 0 atom stereocenters. The van der Waals surface area contributed by atoms with Gasteiger partial charge in [0.15, 0.2) is 46.0 Å². The summed E-state index contributed by atoms with van der Waals surface area (Å²) < 4.78 is 200. The maximum atomic E-state index is 16.9.